The molecule has 1 aliphatic heterocycles. The van der Waals surface area contributed by atoms with Crippen LogP contribution in [0.4, 0.5) is 4.39 Å². The van der Waals surface area contributed by atoms with Gasteiger partial charge in [0.2, 0.25) is 5.91 Å². The standard InChI is InChI=1S/C19H23FN2O2S.ClH/c1-21-16(23)10-13-15(25)8-9-22-18(13)17(19(24)11-6-7-11)12-4-2-3-5-14(12)20;/h2-5,10-11,15,17-18,22,25H,6-9H2,1H3,(H,21,23);1H/b13-10-;. The van der Waals surface area contributed by atoms with E-state index in [1.165, 1.54) is 12.1 Å². The van der Waals surface area contributed by atoms with E-state index >= 15 is 0 Å². The number of ketones is 1. The van der Waals surface area contributed by atoms with E-state index in [4.69, 9.17) is 0 Å². The summed E-state index contributed by atoms with van der Waals surface area (Å²) in [4.78, 5) is 24.9. The predicted molar refractivity (Wildman–Crippen MR) is 105 cm³/mol. The maximum Gasteiger partial charge on any atom is 0.243 e. The maximum atomic E-state index is 14.5. The molecule has 0 aromatic heterocycles. The number of benzene rings is 1. The highest BCUT2D eigenvalue weighted by atomic mass is 35.5. The smallest absolute Gasteiger partial charge is 0.243 e. The minimum Gasteiger partial charge on any atom is -0.356 e. The molecule has 1 aromatic rings. The minimum absolute atomic E-state index is 0. The zero-order valence-electron chi connectivity index (χ0n) is 14.6. The van der Waals surface area contributed by atoms with Crippen molar-refractivity contribution < 1.29 is 14.0 Å². The summed E-state index contributed by atoms with van der Waals surface area (Å²) in [6, 6.07) is 6.00. The number of rotatable bonds is 5. The van der Waals surface area contributed by atoms with Crippen LogP contribution in [0.2, 0.25) is 0 Å². The molecular formula is C19H24ClFN2O2S. The molecule has 1 aromatic carbocycles. The summed E-state index contributed by atoms with van der Waals surface area (Å²) >= 11 is 4.60. The SMILES string of the molecule is CNC(=O)/C=C1/C(S)CCNC1C(C(=O)C1CC1)c1ccccc1F.Cl. The Kier molecular flexibility index (Phi) is 7.26. The van der Waals surface area contributed by atoms with Crippen LogP contribution in [0, 0.1) is 11.7 Å². The Bertz CT molecular complexity index is 709. The molecule has 2 fully saturated rings. The number of carbonyl (C=O) groups excluding carboxylic acids is 2. The topological polar surface area (TPSA) is 58.2 Å². The summed E-state index contributed by atoms with van der Waals surface area (Å²) in [5, 5.41) is 5.77. The molecule has 142 valence electrons. The lowest BCUT2D eigenvalue weighted by Gasteiger charge is -2.36. The molecule has 1 saturated heterocycles. The molecule has 3 rings (SSSR count). The molecule has 7 heteroatoms. The van der Waals surface area contributed by atoms with Crippen LogP contribution in [0.3, 0.4) is 0 Å². The Labute approximate surface area is 164 Å². The first-order chi connectivity index (χ1) is 12.0. The van der Waals surface area contributed by atoms with Crippen molar-refractivity contribution in [2.75, 3.05) is 13.6 Å². The van der Waals surface area contributed by atoms with Crippen LogP contribution in [0.1, 0.15) is 30.7 Å². The van der Waals surface area contributed by atoms with Gasteiger partial charge in [-0.1, -0.05) is 18.2 Å². The van der Waals surface area contributed by atoms with Crippen LogP contribution < -0.4 is 10.6 Å². The number of Topliss-reactive ketones (excluding diaryl/α,β-unsaturated/α-hetero) is 1. The molecule has 1 saturated carbocycles. The molecule has 1 amide bonds. The first kappa shape index (κ1) is 20.9. The third kappa shape index (κ3) is 4.48. The lowest BCUT2D eigenvalue weighted by Crippen LogP contribution is -2.48. The molecule has 0 bridgehead atoms. The van der Waals surface area contributed by atoms with E-state index in [9.17, 15) is 14.0 Å². The molecule has 0 radical (unpaired) electrons. The number of thiol groups is 1. The second-order valence-corrected chi connectivity index (χ2v) is 7.29. The number of hydrogen-bond acceptors (Lipinski definition) is 4. The molecular weight excluding hydrogens is 375 g/mol. The van der Waals surface area contributed by atoms with Gasteiger partial charge in [-0.15, -0.1) is 12.4 Å². The summed E-state index contributed by atoms with van der Waals surface area (Å²) in [7, 11) is 1.56. The van der Waals surface area contributed by atoms with Gasteiger partial charge in [0.15, 0.2) is 0 Å². The van der Waals surface area contributed by atoms with Gasteiger partial charge in [0.1, 0.15) is 11.6 Å². The van der Waals surface area contributed by atoms with Crippen molar-refractivity contribution in [2.45, 2.75) is 36.5 Å². The Morgan fingerprint density at radius 1 is 1.31 bits per heavy atom. The van der Waals surface area contributed by atoms with E-state index in [0.717, 1.165) is 24.8 Å². The molecule has 3 unspecified atom stereocenters. The van der Waals surface area contributed by atoms with E-state index in [1.807, 2.05) is 0 Å². The van der Waals surface area contributed by atoms with Crippen molar-refractivity contribution in [3.63, 3.8) is 0 Å². The molecule has 2 N–H and O–H groups in total. The monoisotopic (exact) mass is 398 g/mol. The molecule has 1 aliphatic carbocycles. The number of piperidine rings is 1. The van der Waals surface area contributed by atoms with Crippen LogP contribution in [0.15, 0.2) is 35.9 Å². The zero-order chi connectivity index (χ0) is 18.0. The highest BCUT2D eigenvalue weighted by molar-refractivity contribution is 7.81. The van der Waals surface area contributed by atoms with Crippen LogP contribution in [-0.2, 0) is 9.59 Å². The highest BCUT2D eigenvalue weighted by Crippen LogP contribution is 2.40. The van der Waals surface area contributed by atoms with Gasteiger partial charge in [-0.2, -0.15) is 12.6 Å². The lowest BCUT2D eigenvalue weighted by atomic mass is 9.78. The summed E-state index contributed by atoms with van der Waals surface area (Å²) in [5.41, 5.74) is 1.14. The van der Waals surface area contributed by atoms with E-state index in [1.54, 1.807) is 25.2 Å². The number of nitrogens with one attached hydrogen (secondary N) is 2. The Morgan fingerprint density at radius 3 is 2.62 bits per heavy atom. The average Bonchev–Trinajstić information content (AvgIpc) is 3.44. The molecule has 4 nitrogen and oxygen atoms in total. The first-order valence-corrected chi connectivity index (χ1v) is 9.17. The summed E-state index contributed by atoms with van der Waals surface area (Å²) in [6.45, 7) is 0.673. The van der Waals surface area contributed by atoms with Gasteiger partial charge in [0.05, 0.1) is 5.92 Å². The van der Waals surface area contributed by atoms with Crippen molar-refractivity contribution in [3.05, 3.63) is 47.3 Å². The first-order valence-electron chi connectivity index (χ1n) is 8.65. The molecule has 1 heterocycles. The van der Waals surface area contributed by atoms with Gasteiger partial charge in [0.25, 0.3) is 0 Å². The van der Waals surface area contributed by atoms with Crippen molar-refractivity contribution in [1.29, 1.82) is 0 Å². The van der Waals surface area contributed by atoms with Gasteiger partial charge >= 0.3 is 0 Å². The third-order valence-corrected chi connectivity index (χ3v) is 5.49. The zero-order valence-corrected chi connectivity index (χ0v) is 16.3. The minimum atomic E-state index is -0.639. The van der Waals surface area contributed by atoms with E-state index in [2.05, 4.69) is 23.3 Å². The van der Waals surface area contributed by atoms with Crippen LogP contribution in [0.25, 0.3) is 0 Å². The Morgan fingerprint density at radius 2 is 2.00 bits per heavy atom. The molecule has 0 spiro atoms. The van der Waals surface area contributed by atoms with Gasteiger partial charge < -0.3 is 10.6 Å². The number of carbonyl (C=O) groups is 2. The number of likely N-dealkylation sites (N-methyl/N-ethyl adjacent to an activating group) is 1. The summed E-state index contributed by atoms with van der Waals surface area (Å²) in [5.74, 6) is -1.22. The lowest BCUT2D eigenvalue weighted by molar-refractivity contribution is -0.122. The molecule has 26 heavy (non-hydrogen) atoms. The summed E-state index contributed by atoms with van der Waals surface area (Å²) < 4.78 is 14.5. The highest BCUT2D eigenvalue weighted by Gasteiger charge is 2.43. The number of amides is 1. The second-order valence-electron chi connectivity index (χ2n) is 6.67. The fourth-order valence-electron chi connectivity index (χ4n) is 3.43. The van der Waals surface area contributed by atoms with Gasteiger partial charge in [-0.25, -0.2) is 4.39 Å². The van der Waals surface area contributed by atoms with Crippen molar-refractivity contribution in [3.8, 4) is 0 Å². The normalized spacial score (nSPS) is 25.3. The van der Waals surface area contributed by atoms with Gasteiger partial charge in [-0.05, 0) is 37.4 Å². The van der Waals surface area contributed by atoms with Gasteiger partial charge in [-0.3, -0.25) is 9.59 Å². The quantitative estimate of drug-likeness (QED) is 0.528. The van der Waals surface area contributed by atoms with Crippen LogP contribution in [-0.4, -0.2) is 36.6 Å². The fraction of sp³-hybridized carbons (Fsp3) is 0.474. The maximum absolute atomic E-state index is 14.5. The van der Waals surface area contributed by atoms with Crippen molar-refractivity contribution in [1.82, 2.24) is 10.6 Å². The third-order valence-electron chi connectivity index (χ3n) is 4.93. The van der Waals surface area contributed by atoms with Crippen LogP contribution >= 0.6 is 25.0 Å². The fourth-order valence-corrected chi connectivity index (χ4v) is 3.80. The predicted octanol–water partition coefficient (Wildman–Crippen LogP) is 2.64. The van der Waals surface area contributed by atoms with E-state index in [0.29, 0.717) is 12.1 Å². The van der Waals surface area contributed by atoms with Crippen LogP contribution in [0.5, 0.6) is 0 Å². The van der Waals surface area contributed by atoms with Crippen molar-refractivity contribution in [2.24, 2.45) is 5.92 Å². The van der Waals surface area contributed by atoms with E-state index in [-0.39, 0.29) is 41.1 Å². The van der Waals surface area contributed by atoms with Crippen molar-refractivity contribution >= 4 is 36.7 Å². The average molecular weight is 399 g/mol. The largest absolute Gasteiger partial charge is 0.356 e. The molecule has 3 atom stereocenters. The van der Waals surface area contributed by atoms with Gasteiger partial charge in [0, 0.05) is 35.9 Å². The number of hydrogen-bond donors (Lipinski definition) is 3. The summed E-state index contributed by atoms with van der Waals surface area (Å²) in [6.07, 6.45) is 3.97. The Hall–Kier alpha value is -1.37. The Balaban J connectivity index is 0.00000243. The second kappa shape index (κ2) is 9.02. The van der Waals surface area contributed by atoms with E-state index < -0.39 is 12.0 Å². The molecule has 2 aliphatic rings. The number of halogens is 2.